The summed E-state index contributed by atoms with van der Waals surface area (Å²) in [4.78, 5) is 12.1. The zero-order chi connectivity index (χ0) is 12.6. The first-order chi connectivity index (χ1) is 8.68. The molecular weight excluding hydrogens is 244 g/mol. The highest BCUT2D eigenvalue weighted by molar-refractivity contribution is 7.17. The summed E-state index contributed by atoms with van der Waals surface area (Å²) in [7, 11) is 0. The highest BCUT2D eigenvalue weighted by Crippen LogP contribution is 2.29. The lowest BCUT2D eigenvalue weighted by Gasteiger charge is -2.38. The molecule has 94 valence electrons. The van der Waals surface area contributed by atoms with Crippen molar-refractivity contribution in [3.63, 3.8) is 0 Å². The molecule has 1 fully saturated rings. The Morgan fingerprint density at radius 3 is 2.89 bits per heavy atom. The smallest absolute Gasteiger partial charge is 0.252 e. The highest BCUT2D eigenvalue weighted by Gasteiger charge is 2.32. The fourth-order valence-electron chi connectivity index (χ4n) is 2.31. The van der Waals surface area contributed by atoms with Crippen LogP contribution in [0.15, 0.2) is 29.6 Å². The van der Waals surface area contributed by atoms with E-state index in [1.54, 1.807) is 11.3 Å². The van der Waals surface area contributed by atoms with Crippen molar-refractivity contribution in [1.82, 2.24) is 5.32 Å². The van der Waals surface area contributed by atoms with Crippen molar-refractivity contribution in [2.75, 3.05) is 6.54 Å². The molecule has 1 aromatic carbocycles. The average Bonchev–Trinajstić information content (AvgIpc) is 2.77. The number of fused-ring (bicyclic) bond motifs is 1. The van der Waals surface area contributed by atoms with Crippen LogP contribution in [0.25, 0.3) is 10.1 Å². The number of rotatable bonds is 3. The molecule has 2 aromatic rings. The van der Waals surface area contributed by atoms with Gasteiger partial charge in [0.25, 0.3) is 5.91 Å². The van der Waals surface area contributed by atoms with Crippen molar-refractivity contribution in [3.05, 3.63) is 35.2 Å². The zero-order valence-corrected chi connectivity index (χ0v) is 10.9. The summed E-state index contributed by atoms with van der Waals surface area (Å²) in [5, 5.41) is 5.91. The van der Waals surface area contributed by atoms with Gasteiger partial charge in [0, 0.05) is 27.5 Å². The molecule has 0 aliphatic heterocycles. The molecule has 1 aliphatic carbocycles. The Morgan fingerprint density at radius 1 is 1.39 bits per heavy atom. The number of nitrogens with one attached hydrogen (secondary N) is 1. The number of benzene rings is 1. The third-order valence-corrected chi connectivity index (χ3v) is 4.64. The van der Waals surface area contributed by atoms with E-state index in [9.17, 15) is 4.79 Å². The van der Waals surface area contributed by atoms with Crippen molar-refractivity contribution < 1.29 is 4.79 Å². The van der Waals surface area contributed by atoms with Gasteiger partial charge in [0.15, 0.2) is 0 Å². The average molecular weight is 260 g/mol. The van der Waals surface area contributed by atoms with Gasteiger partial charge < -0.3 is 11.1 Å². The standard InChI is InChI=1S/C14H16N2OS/c15-14(6-3-7-14)9-16-13(17)11-8-18-12-5-2-1-4-10(11)12/h1-2,4-5,8H,3,6-7,9,15H2,(H,16,17). The first kappa shape index (κ1) is 11.7. The molecule has 0 saturated heterocycles. The minimum Gasteiger partial charge on any atom is -0.350 e. The number of nitrogens with two attached hydrogens (primary N) is 1. The van der Waals surface area contributed by atoms with E-state index in [4.69, 9.17) is 5.73 Å². The molecule has 3 rings (SSSR count). The van der Waals surface area contributed by atoms with Crippen LogP contribution in [0, 0.1) is 0 Å². The first-order valence-electron chi connectivity index (χ1n) is 6.21. The number of hydrogen-bond acceptors (Lipinski definition) is 3. The molecule has 0 radical (unpaired) electrons. The van der Waals surface area contributed by atoms with E-state index in [-0.39, 0.29) is 11.4 Å². The van der Waals surface area contributed by atoms with E-state index in [1.807, 2.05) is 29.6 Å². The van der Waals surface area contributed by atoms with Gasteiger partial charge in [-0.2, -0.15) is 0 Å². The largest absolute Gasteiger partial charge is 0.350 e. The molecule has 0 atom stereocenters. The molecule has 0 bridgehead atoms. The second-order valence-electron chi connectivity index (χ2n) is 5.04. The molecule has 1 aliphatic rings. The molecule has 1 heterocycles. The van der Waals surface area contributed by atoms with Crippen LogP contribution in [0.2, 0.25) is 0 Å². The van der Waals surface area contributed by atoms with Crippen LogP contribution in [-0.2, 0) is 0 Å². The maximum absolute atomic E-state index is 12.1. The monoisotopic (exact) mass is 260 g/mol. The SMILES string of the molecule is NC1(CNC(=O)c2csc3ccccc23)CCC1. The van der Waals surface area contributed by atoms with Crippen LogP contribution >= 0.6 is 11.3 Å². The Labute approximate surface area is 110 Å². The summed E-state index contributed by atoms with van der Waals surface area (Å²) >= 11 is 1.60. The summed E-state index contributed by atoms with van der Waals surface area (Å²) in [6.45, 7) is 0.579. The van der Waals surface area contributed by atoms with Gasteiger partial charge in [0.05, 0.1) is 5.56 Å². The summed E-state index contributed by atoms with van der Waals surface area (Å²) in [6.07, 6.45) is 3.20. The number of hydrogen-bond donors (Lipinski definition) is 2. The fraction of sp³-hybridized carbons (Fsp3) is 0.357. The van der Waals surface area contributed by atoms with E-state index in [1.165, 1.54) is 6.42 Å². The van der Waals surface area contributed by atoms with E-state index >= 15 is 0 Å². The molecule has 1 amide bonds. The van der Waals surface area contributed by atoms with Crippen molar-refractivity contribution in [1.29, 1.82) is 0 Å². The molecule has 1 aromatic heterocycles. The van der Waals surface area contributed by atoms with Gasteiger partial charge in [-0.05, 0) is 25.3 Å². The Morgan fingerprint density at radius 2 is 2.17 bits per heavy atom. The van der Waals surface area contributed by atoms with Crippen molar-refractivity contribution >= 4 is 27.3 Å². The maximum Gasteiger partial charge on any atom is 0.252 e. The Balaban J connectivity index is 1.75. The van der Waals surface area contributed by atoms with E-state index in [0.717, 1.165) is 28.5 Å². The first-order valence-corrected chi connectivity index (χ1v) is 7.09. The second kappa shape index (κ2) is 4.37. The lowest BCUT2D eigenvalue weighted by Crippen LogP contribution is -2.54. The summed E-state index contributed by atoms with van der Waals surface area (Å²) < 4.78 is 1.15. The predicted octanol–water partition coefficient (Wildman–Crippen LogP) is 2.51. The van der Waals surface area contributed by atoms with E-state index < -0.39 is 0 Å². The third kappa shape index (κ3) is 2.02. The lowest BCUT2D eigenvalue weighted by molar-refractivity contribution is 0.0932. The second-order valence-corrected chi connectivity index (χ2v) is 5.96. The Bertz CT molecular complexity index is 586. The van der Waals surface area contributed by atoms with Gasteiger partial charge >= 0.3 is 0 Å². The van der Waals surface area contributed by atoms with Gasteiger partial charge in [-0.15, -0.1) is 11.3 Å². The molecule has 3 nitrogen and oxygen atoms in total. The molecule has 4 heteroatoms. The normalized spacial score (nSPS) is 17.4. The molecule has 3 N–H and O–H groups in total. The van der Waals surface area contributed by atoms with Crippen molar-refractivity contribution in [3.8, 4) is 0 Å². The van der Waals surface area contributed by atoms with Crippen LogP contribution in [-0.4, -0.2) is 18.0 Å². The van der Waals surface area contributed by atoms with E-state index in [0.29, 0.717) is 6.54 Å². The van der Waals surface area contributed by atoms with Crippen LogP contribution < -0.4 is 11.1 Å². The van der Waals surface area contributed by atoms with Gasteiger partial charge in [0.1, 0.15) is 0 Å². The highest BCUT2D eigenvalue weighted by atomic mass is 32.1. The number of carbonyl (C=O) groups excluding carboxylic acids is 1. The quantitative estimate of drug-likeness (QED) is 0.891. The molecule has 1 saturated carbocycles. The Hall–Kier alpha value is -1.39. The third-order valence-electron chi connectivity index (χ3n) is 3.68. The predicted molar refractivity (Wildman–Crippen MR) is 74.9 cm³/mol. The van der Waals surface area contributed by atoms with E-state index in [2.05, 4.69) is 5.32 Å². The molecule has 18 heavy (non-hydrogen) atoms. The van der Waals surface area contributed by atoms with Crippen LogP contribution in [0.1, 0.15) is 29.6 Å². The summed E-state index contributed by atoms with van der Waals surface area (Å²) in [5.74, 6) is -0.0100. The molecule has 0 spiro atoms. The van der Waals surface area contributed by atoms with Crippen molar-refractivity contribution in [2.24, 2.45) is 5.73 Å². The van der Waals surface area contributed by atoms with Gasteiger partial charge in [0.2, 0.25) is 0 Å². The topological polar surface area (TPSA) is 55.1 Å². The summed E-state index contributed by atoms with van der Waals surface area (Å²) in [6, 6.07) is 7.97. The van der Waals surface area contributed by atoms with Crippen LogP contribution in [0.5, 0.6) is 0 Å². The molecular formula is C14H16N2OS. The summed E-state index contributed by atoms with van der Waals surface area (Å²) in [5.41, 5.74) is 6.70. The van der Waals surface area contributed by atoms with Crippen LogP contribution in [0.3, 0.4) is 0 Å². The minimum atomic E-state index is -0.165. The van der Waals surface area contributed by atoms with Gasteiger partial charge in [-0.25, -0.2) is 0 Å². The minimum absolute atomic E-state index is 0.0100. The fourth-order valence-corrected chi connectivity index (χ4v) is 3.25. The van der Waals surface area contributed by atoms with Gasteiger partial charge in [-0.1, -0.05) is 18.2 Å². The lowest BCUT2D eigenvalue weighted by atomic mass is 9.78. The van der Waals surface area contributed by atoms with Crippen LogP contribution in [0.4, 0.5) is 0 Å². The zero-order valence-electron chi connectivity index (χ0n) is 10.1. The Kier molecular flexibility index (Phi) is 2.84. The number of carbonyl (C=O) groups is 1. The molecule has 0 unspecified atom stereocenters. The number of amides is 1. The van der Waals surface area contributed by atoms with Gasteiger partial charge in [-0.3, -0.25) is 4.79 Å². The number of thiophene rings is 1. The van der Waals surface area contributed by atoms with Crippen molar-refractivity contribution in [2.45, 2.75) is 24.8 Å². The maximum atomic E-state index is 12.1.